The fourth-order valence-electron chi connectivity index (χ4n) is 4.12. The number of ether oxygens (including phenoxy) is 1. The van der Waals surface area contributed by atoms with Crippen molar-refractivity contribution in [3.8, 4) is 0 Å². The average Bonchev–Trinajstić information content (AvgIpc) is 3.10. The molecule has 2 heterocycles. The molecule has 4 rings (SSSR count). The topological polar surface area (TPSA) is 63.2 Å². The third-order valence-electron chi connectivity index (χ3n) is 5.45. The molecule has 1 aromatic heterocycles. The Morgan fingerprint density at radius 2 is 2.24 bits per heavy atom. The van der Waals surface area contributed by atoms with Crippen LogP contribution >= 0.6 is 11.3 Å². The zero-order valence-corrected chi connectivity index (χ0v) is 15.1. The summed E-state index contributed by atoms with van der Waals surface area (Å²) in [6, 6.07) is 9.74. The minimum absolute atomic E-state index is 0.0196. The van der Waals surface area contributed by atoms with E-state index in [0.29, 0.717) is 25.0 Å². The highest BCUT2D eigenvalue weighted by Crippen LogP contribution is 2.62. The summed E-state index contributed by atoms with van der Waals surface area (Å²) in [5.41, 5.74) is 2.03. The van der Waals surface area contributed by atoms with E-state index in [0.717, 1.165) is 35.8 Å². The number of carbonyl (C=O) groups excluding carboxylic acids is 1. The van der Waals surface area contributed by atoms with Crippen molar-refractivity contribution < 1.29 is 9.53 Å². The number of piperidine rings is 1. The highest BCUT2D eigenvalue weighted by Gasteiger charge is 2.67. The molecular formula is C19H23N3O2S. The van der Waals surface area contributed by atoms with E-state index in [1.54, 1.807) is 11.3 Å². The summed E-state index contributed by atoms with van der Waals surface area (Å²) in [5, 5.41) is 9.73. The van der Waals surface area contributed by atoms with Gasteiger partial charge in [0.25, 0.3) is 0 Å². The van der Waals surface area contributed by atoms with Crippen LogP contribution in [0.5, 0.6) is 0 Å². The van der Waals surface area contributed by atoms with Gasteiger partial charge in [0.1, 0.15) is 11.6 Å². The van der Waals surface area contributed by atoms with Crippen molar-refractivity contribution in [3.63, 3.8) is 0 Å². The zero-order chi connectivity index (χ0) is 17.3. The minimum atomic E-state index is -0.354. The number of carbonyl (C=O) groups is 1. The molecule has 132 valence electrons. The second-order valence-electron chi connectivity index (χ2n) is 6.96. The van der Waals surface area contributed by atoms with Gasteiger partial charge < -0.3 is 15.4 Å². The van der Waals surface area contributed by atoms with Gasteiger partial charge in [0.2, 0.25) is 0 Å². The maximum absolute atomic E-state index is 12.2. The van der Waals surface area contributed by atoms with Crippen molar-refractivity contribution in [1.29, 1.82) is 0 Å². The van der Waals surface area contributed by atoms with Gasteiger partial charge in [-0.05, 0) is 43.8 Å². The summed E-state index contributed by atoms with van der Waals surface area (Å²) in [7, 11) is 0. The number of hydrogen-bond donors (Lipinski definition) is 2. The van der Waals surface area contributed by atoms with Gasteiger partial charge in [-0.15, -0.1) is 11.3 Å². The van der Waals surface area contributed by atoms with Crippen LogP contribution in [0.4, 0.5) is 4.79 Å². The Hall–Kier alpha value is -1.92. The van der Waals surface area contributed by atoms with Gasteiger partial charge in [-0.2, -0.15) is 0 Å². The van der Waals surface area contributed by atoms with Crippen molar-refractivity contribution in [2.24, 2.45) is 11.8 Å². The lowest BCUT2D eigenvalue weighted by atomic mass is 10.0. The molecule has 2 aromatic rings. The molecule has 0 spiro atoms. The first-order valence-corrected chi connectivity index (χ1v) is 9.66. The number of fused-ring (bicyclic) bond motifs is 1. The van der Waals surface area contributed by atoms with Crippen molar-refractivity contribution >= 4 is 17.4 Å². The van der Waals surface area contributed by atoms with E-state index in [1.165, 1.54) is 0 Å². The smallest absolute Gasteiger partial charge is 0.407 e. The number of hydrogen-bond acceptors (Lipinski definition) is 5. The van der Waals surface area contributed by atoms with Gasteiger partial charge in [-0.25, -0.2) is 9.78 Å². The number of alkyl carbamates (subject to hydrolysis) is 1. The number of aryl methyl sites for hydroxylation is 1. The molecule has 5 nitrogen and oxygen atoms in total. The van der Waals surface area contributed by atoms with E-state index in [2.05, 4.69) is 16.0 Å². The van der Waals surface area contributed by atoms with E-state index in [4.69, 9.17) is 9.72 Å². The van der Waals surface area contributed by atoms with Crippen LogP contribution in [0, 0.1) is 18.8 Å². The highest BCUT2D eigenvalue weighted by molar-refractivity contribution is 7.09. The van der Waals surface area contributed by atoms with Crippen LogP contribution in [0.2, 0.25) is 0 Å². The van der Waals surface area contributed by atoms with E-state index in [-0.39, 0.29) is 11.5 Å². The van der Waals surface area contributed by atoms with Crippen LogP contribution in [-0.2, 0) is 16.8 Å². The van der Waals surface area contributed by atoms with Crippen molar-refractivity contribution in [2.75, 3.05) is 19.6 Å². The molecule has 2 fully saturated rings. The Kier molecular flexibility index (Phi) is 4.48. The van der Waals surface area contributed by atoms with Gasteiger partial charge in [-0.3, -0.25) is 0 Å². The van der Waals surface area contributed by atoms with E-state index < -0.39 is 0 Å². The SMILES string of the molecule is Cc1csc([C@@]2(CNC(=O)OCc3ccccc3)[C@@H]3CCNC[C@@H]32)n1. The monoisotopic (exact) mass is 357 g/mol. The standard InChI is InChI=1S/C19H23N3O2S/c1-13-11-25-17(22-13)19(15-7-8-20-9-16(15)19)12-21-18(23)24-10-14-5-3-2-4-6-14/h2-6,11,15-16,20H,7-10,12H2,1H3,(H,21,23)/t15-,16+,19+/m1/s1. The lowest BCUT2D eigenvalue weighted by molar-refractivity contribution is 0.138. The molecule has 1 aliphatic heterocycles. The van der Waals surface area contributed by atoms with Crippen molar-refractivity contribution in [1.82, 2.24) is 15.6 Å². The lowest BCUT2D eigenvalue weighted by Crippen LogP contribution is -2.35. The fourth-order valence-corrected chi connectivity index (χ4v) is 5.24. The molecule has 0 unspecified atom stereocenters. The Bertz CT molecular complexity index is 734. The first-order valence-electron chi connectivity index (χ1n) is 8.78. The van der Waals surface area contributed by atoms with Crippen LogP contribution in [0.1, 0.15) is 22.7 Å². The fraction of sp³-hybridized carbons (Fsp3) is 0.474. The summed E-state index contributed by atoms with van der Waals surface area (Å²) >= 11 is 1.72. The third-order valence-corrected chi connectivity index (χ3v) is 6.61. The molecule has 3 atom stereocenters. The van der Waals surface area contributed by atoms with Gasteiger partial charge in [-0.1, -0.05) is 30.3 Å². The minimum Gasteiger partial charge on any atom is -0.445 e. The second-order valence-corrected chi connectivity index (χ2v) is 7.81. The summed E-state index contributed by atoms with van der Waals surface area (Å²) in [6.07, 6.45) is 0.789. The number of benzene rings is 1. The van der Waals surface area contributed by atoms with Crippen LogP contribution < -0.4 is 10.6 Å². The summed E-state index contributed by atoms with van der Waals surface area (Å²) in [5.74, 6) is 1.16. The average molecular weight is 357 g/mol. The van der Waals surface area contributed by atoms with Gasteiger partial charge in [0.05, 0.1) is 0 Å². The van der Waals surface area contributed by atoms with E-state index >= 15 is 0 Å². The number of nitrogens with one attached hydrogen (secondary N) is 2. The van der Waals surface area contributed by atoms with Gasteiger partial charge in [0, 0.05) is 23.0 Å². The Balaban J connectivity index is 1.39. The lowest BCUT2D eigenvalue weighted by Gasteiger charge is -2.16. The first-order chi connectivity index (χ1) is 12.2. The Labute approximate surface area is 151 Å². The summed E-state index contributed by atoms with van der Waals surface area (Å²) < 4.78 is 5.36. The Morgan fingerprint density at radius 1 is 1.40 bits per heavy atom. The van der Waals surface area contributed by atoms with Crippen molar-refractivity contribution in [2.45, 2.75) is 25.4 Å². The van der Waals surface area contributed by atoms with Crippen LogP contribution in [0.25, 0.3) is 0 Å². The molecule has 1 aromatic carbocycles. The van der Waals surface area contributed by atoms with Crippen LogP contribution in [0.15, 0.2) is 35.7 Å². The molecule has 0 bridgehead atoms. The maximum Gasteiger partial charge on any atom is 0.407 e. The molecule has 6 heteroatoms. The first kappa shape index (κ1) is 16.5. The highest BCUT2D eigenvalue weighted by atomic mass is 32.1. The summed E-state index contributed by atoms with van der Waals surface area (Å²) in [6.45, 7) is 4.98. The van der Waals surface area contributed by atoms with E-state index in [1.807, 2.05) is 37.3 Å². The summed E-state index contributed by atoms with van der Waals surface area (Å²) in [4.78, 5) is 16.9. The third kappa shape index (κ3) is 3.16. The number of nitrogens with zero attached hydrogens (tertiary/aromatic N) is 1. The molecule has 1 saturated carbocycles. The Morgan fingerprint density at radius 3 is 2.92 bits per heavy atom. The van der Waals surface area contributed by atoms with Gasteiger partial charge >= 0.3 is 6.09 Å². The van der Waals surface area contributed by atoms with Crippen molar-refractivity contribution in [3.05, 3.63) is 52.0 Å². The predicted molar refractivity (Wildman–Crippen MR) is 97.6 cm³/mol. The zero-order valence-electron chi connectivity index (χ0n) is 14.3. The molecule has 25 heavy (non-hydrogen) atoms. The molecule has 2 N–H and O–H groups in total. The van der Waals surface area contributed by atoms with Gasteiger partial charge in [0.15, 0.2) is 0 Å². The normalized spacial score (nSPS) is 27.4. The van der Waals surface area contributed by atoms with Crippen LogP contribution in [0.3, 0.4) is 0 Å². The second kappa shape index (κ2) is 6.77. The largest absolute Gasteiger partial charge is 0.445 e. The van der Waals surface area contributed by atoms with E-state index in [9.17, 15) is 4.79 Å². The molecule has 2 aliphatic rings. The molecule has 1 aliphatic carbocycles. The molecule has 0 radical (unpaired) electrons. The molecular weight excluding hydrogens is 334 g/mol. The number of thiazole rings is 1. The number of aromatic nitrogens is 1. The number of amides is 1. The molecule has 1 amide bonds. The molecule has 1 saturated heterocycles. The maximum atomic E-state index is 12.2. The van der Waals surface area contributed by atoms with Crippen LogP contribution in [-0.4, -0.2) is 30.7 Å². The predicted octanol–water partition coefficient (Wildman–Crippen LogP) is 2.86. The number of rotatable bonds is 5. The quantitative estimate of drug-likeness (QED) is 0.864.